The van der Waals surface area contributed by atoms with Crippen molar-refractivity contribution in [1.82, 2.24) is 9.78 Å². The molecule has 0 spiro atoms. The van der Waals surface area contributed by atoms with Crippen LogP contribution in [0.2, 0.25) is 0 Å². The summed E-state index contributed by atoms with van der Waals surface area (Å²) in [7, 11) is 0. The molecular formula is C16H22FN3. The van der Waals surface area contributed by atoms with Crippen molar-refractivity contribution in [3.8, 4) is 0 Å². The van der Waals surface area contributed by atoms with E-state index in [-0.39, 0.29) is 17.9 Å². The first kappa shape index (κ1) is 14.7. The van der Waals surface area contributed by atoms with Crippen molar-refractivity contribution in [2.24, 2.45) is 5.73 Å². The minimum absolute atomic E-state index is 0.0575. The smallest absolute Gasteiger partial charge is 0.123 e. The molecule has 108 valence electrons. The van der Waals surface area contributed by atoms with Crippen LogP contribution < -0.4 is 5.73 Å². The lowest BCUT2D eigenvalue weighted by molar-refractivity contribution is 0.415. The Labute approximate surface area is 119 Å². The van der Waals surface area contributed by atoms with E-state index in [9.17, 15) is 4.39 Å². The number of hydrogen-bond acceptors (Lipinski definition) is 2. The van der Waals surface area contributed by atoms with Gasteiger partial charge in [0.05, 0.1) is 11.7 Å². The molecule has 2 rings (SSSR count). The van der Waals surface area contributed by atoms with Gasteiger partial charge in [0.1, 0.15) is 5.82 Å². The van der Waals surface area contributed by atoms with Gasteiger partial charge in [0.2, 0.25) is 0 Å². The molecule has 0 bridgehead atoms. The van der Waals surface area contributed by atoms with E-state index < -0.39 is 0 Å². The van der Waals surface area contributed by atoms with Crippen molar-refractivity contribution in [2.45, 2.75) is 46.2 Å². The van der Waals surface area contributed by atoms with Crippen LogP contribution in [0.1, 0.15) is 41.9 Å². The quantitative estimate of drug-likeness (QED) is 0.930. The molecule has 0 aliphatic carbocycles. The Hall–Kier alpha value is -1.68. The van der Waals surface area contributed by atoms with Gasteiger partial charge in [-0.25, -0.2) is 4.39 Å². The van der Waals surface area contributed by atoms with Crippen molar-refractivity contribution >= 4 is 0 Å². The van der Waals surface area contributed by atoms with Crippen molar-refractivity contribution < 1.29 is 4.39 Å². The molecule has 0 fully saturated rings. The fourth-order valence-corrected chi connectivity index (χ4v) is 2.47. The molecule has 0 amide bonds. The van der Waals surface area contributed by atoms with Crippen LogP contribution in [-0.2, 0) is 0 Å². The molecule has 0 radical (unpaired) electrons. The Morgan fingerprint density at radius 1 is 1.20 bits per heavy atom. The number of aromatic nitrogens is 2. The number of nitrogens with zero attached hydrogens (tertiary/aromatic N) is 2. The van der Waals surface area contributed by atoms with Gasteiger partial charge in [-0.15, -0.1) is 0 Å². The van der Waals surface area contributed by atoms with Crippen LogP contribution >= 0.6 is 0 Å². The summed E-state index contributed by atoms with van der Waals surface area (Å²) in [5, 5.41) is 4.62. The Bertz CT molecular complexity index is 587. The predicted molar refractivity (Wildman–Crippen MR) is 79.2 cm³/mol. The second-order valence-electron chi connectivity index (χ2n) is 5.31. The van der Waals surface area contributed by atoms with Crippen molar-refractivity contribution in [1.29, 1.82) is 0 Å². The summed E-state index contributed by atoms with van der Waals surface area (Å²) in [5.41, 5.74) is 10.6. The van der Waals surface area contributed by atoms with Gasteiger partial charge in [0, 0.05) is 11.7 Å². The van der Waals surface area contributed by atoms with Crippen molar-refractivity contribution in [2.75, 3.05) is 0 Å². The second kappa shape index (κ2) is 5.75. The Kier molecular flexibility index (Phi) is 4.23. The molecule has 1 aromatic heterocycles. The fraction of sp³-hybridized carbons (Fsp3) is 0.438. The lowest BCUT2D eigenvalue weighted by Gasteiger charge is -2.25. The Balaban J connectivity index is 2.52. The van der Waals surface area contributed by atoms with E-state index in [2.05, 4.69) is 18.9 Å². The van der Waals surface area contributed by atoms with Crippen LogP contribution in [0.15, 0.2) is 24.3 Å². The molecule has 2 N–H and O–H groups in total. The summed E-state index contributed by atoms with van der Waals surface area (Å²) in [4.78, 5) is 0. The molecule has 1 heterocycles. The van der Waals surface area contributed by atoms with E-state index in [1.54, 1.807) is 12.1 Å². The van der Waals surface area contributed by atoms with E-state index in [0.717, 1.165) is 23.4 Å². The zero-order chi connectivity index (χ0) is 14.9. The molecule has 2 atom stereocenters. The lowest BCUT2D eigenvalue weighted by Crippen LogP contribution is -2.33. The zero-order valence-electron chi connectivity index (χ0n) is 12.5. The average Bonchev–Trinajstić information content (AvgIpc) is 2.69. The van der Waals surface area contributed by atoms with Gasteiger partial charge in [-0.05, 0) is 50.5 Å². The summed E-state index contributed by atoms with van der Waals surface area (Å²) >= 11 is 0. The van der Waals surface area contributed by atoms with Crippen LogP contribution in [0.5, 0.6) is 0 Å². The monoisotopic (exact) mass is 275 g/mol. The van der Waals surface area contributed by atoms with Crippen LogP contribution in [0.25, 0.3) is 0 Å². The molecule has 4 heteroatoms. The summed E-state index contributed by atoms with van der Waals surface area (Å²) in [6, 6.07) is 6.42. The normalized spacial score (nSPS) is 14.3. The highest BCUT2D eigenvalue weighted by Gasteiger charge is 2.24. The van der Waals surface area contributed by atoms with Gasteiger partial charge in [-0.1, -0.05) is 19.1 Å². The first-order valence-electron chi connectivity index (χ1n) is 6.99. The molecule has 20 heavy (non-hydrogen) atoms. The summed E-state index contributed by atoms with van der Waals surface area (Å²) in [6.45, 7) is 8.17. The van der Waals surface area contributed by atoms with Crippen LogP contribution in [0.3, 0.4) is 0 Å². The third-order valence-electron chi connectivity index (χ3n) is 4.04. The number of hydrogen-bond donors (Lipinski definition) is 1. The summed E-state index contributed by atoms with van der Waals surface area (Å²) < 4.78 is 15.1. The standard InChI is InChI=1S/C16H22FN3/c1-5-15(18)16(13-6-8-14(17)9-7-13)20-12(4)10(2)11(3)19-20/h6-9,15-16H,5,18H2,1-4H3. The molecule has 1 aromatic carbocycles. The lowest BCUT2D eigenvalue weighted by atomic mass is 9.98. The number of nitrogens with two attached hydrogens (primary N) is 1. The molecule has 0 saturated heterocycles. The Morgan fingerprint density at radius 2 is 1.80 bits per heavy atom. The largest absolute Gasteiger partial charge is 0.326 e. The minimum atomic E-state index is -0.234. The molecule has 2 unspecified atom stereocenters. The number of benzene rings is 1. The van der Waals surface area contributed by atoms with E-state index in [1.165, 1.54) is 17.7 Å². The van der Waals surface area contributed by atoms with Gasteiger partial charge in [-0.2, -0.15) is 5.10 Å². The molecule has 0 saturated carbocycles. The zero-order valence-corrected chi connectivity index (χ0v) is 12.5. The first-order valence-corrected chi connectivity index (χ1v) is 6.99. The van der Waals surface area contributed by atoms with E-state index in [0.29, 0.717) is 0 Å². The molecular weight excluding hydrogens is 253 g/mol. The summed E-state index contributed by atoms with van der Waals surface area (Å²) in [5.74, 6) is -0.234. The average molecular weight is 275 g/mol. The Morgan fingerprint density at radius 3 is 2.25 bits per heavy atom. The number of halogens is 1. The van der Waals surface area contributed by atoms with Gasteiger partial charge in [0.15, 0.2) is 0 Å². The van der Waals surface area contributed by atoms with E-state index >= 15 is 0 Å². The van der Waals surface area contributed by atoms with Crippen LogP contribution in [0, 0.1) is 26.6 Å². The molecule has 0 aliphatic rings. The topological polar surface area (TPSA) is 43.8 Å². The third kappa shape index (κ3) is 2.61. The molecule has 2 aromatic rings. The van der Waals surface area contributed by atoms with Gasteiger partial charge in [0.25, 0.3) is 0 Å². The SMILES string of the molecule is CCC(N)C(c1ccc(F)cc1)n1nc(C)c(C)c1C. The summed E-state index contributed by atoms with van der Waals surface area (Å²) in [6.07, 6.45) is 0.833. The van der Waals surface area contributed by atoms with Crippen molar-refractivity contribution in [3.05, 3.63) is 52.6 Å². The van der Waals surface area contributed by atoms with E-state index in [4.69, 9.17) is 5.73 Å². The minimum Gasteiger partial charge on any atom is -0.326 e. The van der Waals surface area contributed by atoms with Crippen molar-refractivity contribution in [3.63, 3.8) is 0 Å². The molecule has 0 aliphatic heterocycles. The van der Waals surface area contributed by atoms with Gasteiger partial charge < -0.3 is 5.73 Å². The van der Waals surface area contributed by atoms with Gasteiger partial charge in [-0.3, -0.25) is 4.68 Å². The number of rotatable bonds is 4. The van der Waals surface area contributed by atoms with Crippen LogP contribution in [0.4, 0.5) is 4.39 Å². The number of aryl methyl sites for hydroxylation is 1. The third-order valence-corrected chi connectivity index (χ3v) is 4.04. The maximum atomic E-state index is 13.1. The second-order valence-corrected chi connectivity index (χ2v) is 5.31. The maximum Gasteiger partial charge on any atom is 0.123 e. The molecule has 3 nitrogen and oxygen atoms in total. The first-order chi connectivity index (χ1) is 9.45. The van der Waals surface area contributed by atoms with Crippen LogP contribution in [-0.4, -0.2) is 15.8 Å². The highest BCUT2D eigenvalue weighted by atomic mass is 19.1. The van der Waals surface area contributed by atoms with E-state index in [1.807, 2.05) is 18.5 Å². The fourth-order valence-electron chi connectivity index (χ4n) is 2.47. The predicted octanol–water partition coefficient (Wildman–Crippen LogP) is 3.27. The highest BCUT2D eigenvalue weighted by Crippen LogP contribution is 2.26. The van der Waals surface area contributed by atoms with Gasteiger partial charge >= 0.3 is 0 Å². The highest BCUT2D eigenvalue weighted by molar-refractivity contribution is 5.28. The maximum absolute atomic E-state index is 13.1.